The van der Waals surface area contributed by atoms with Crippen molar-refractivity contribution < 1.29 is 23.9 Å². The average Bonchev–Trinajstić information content (AvgIpc) is 2.75. The molecular formula is C20H25ClN2O5. The van der Waals surface area contributed by atoms with Gasteiger partial charge in [-0.1, -0.05) is 60.7 Å². The summed E-state index contributed by atoms with van der Waals surface area (Å²) in [5, 5.41) is 0. The molecule has 0 aliphatic rings. The molecule has 2 N–H and O–H groups in total. The predicted octanol–water partition coefficient (Wildman–Crippen LogP) is 2.32. The molecule has 0 spiro atoms. The van der Waals surface area contributed by atoms with Crippen LogP contribution in [0.1, 0.15) is 15.9 Å². The van der Waals surface area contributed by atoms with E-state index in [0.717, 1.165) is 17.4 Å². The molecule has 0 heterocycles. The zero-order chi connectivity index (χ0) is 20.3. The molecule has 0 fully saturated rings. The summed E-state index contributed by atoms with van der Waals surface area (Å²) in [6, 6.07) is 18.7. The van der Waals surface area contributed by atoms with Gasteiger partial charge in [0, 0.05) is 11.8 Å². The molecule has 0 atom stereocenters. The topological polar surface area (TPSA) is 108 Å². The van der Waals surface area contributed by atoms with E-state index in [-0.39, 0.29) is 37.4 Å². The Hall–Kier alpha value is -3.03. The second kappa shape index (κ2) is 18.8. The minimum atomic E-state index is -0.380. The van der Waals surface area contributed by atoms with E-state index in [1.165, 1.54) is 14.2 Å². The van der Waals surface area contributed by atoms with Crippen LogP contribution in [-0.2, 0) is 19.1 Å². The number of methoxy groups -OCH3 is 2. The Bertz CT molecular complexity index is 688. The third-order valence-corrected chi connectivity index (χ3v) is 2.82. The van der Waals surface area contributed by atoms with Crippen molar-refractivity contribution in [1.82, 2.24) is 0 Å². The highest BCUT2D eigenvalue weighted by Crippen LogP contribution is 1.93. The maximum atomic E-state index is 10.7. The van der Waals surface area contributed by atoms with Crippen LogP contribution >= 0.6 is 12.4 Å². The molecule has 0 saturated carbocycles. The molecule has 0 radical (unpaired) electrons. The molecule has 152 valence electrons. The Morgan fingerprint density at radius 3 is 1.68 bits per heavy atom. The van der Waals surface area contributed by atoms with E-state index in [2.05, 4.69) is 14.5 Å². The zero-order valence-electron chi connectivity index (χ0n) is 15.8. The first-order valence-corrected chi connectivity index (χ1v) is 7.96. The molecule has 2 aromatic rings. The van der Waals surface area contributed by atoms with Crippen molar-refractivity contribution in [1.29, 1.82) is 0 Å². The molecule has 0 saturated heterocycles. The van der Waals surface area contributed by atoms with Crippen LogP contribution in [0.25, 0.3) is 0 Å². The number of rotatable bonds is 5. The lowest BCUT2D eigenvalue weighted by Crippen LogP contribution is -2.14. The Morgan fingerprint density at radius 2 is 1.36 bits per heavy atom. The molecule has 0 aromatic heterocycles. The first-order valence-electron chi connectivity index (χ1n) is 7.96. The largest absolute Gasteiger partial charge is 0.468 e. The molecule has 0 aliphatic heterocycles. The highest BCUT2D eigenvalue weighted by atomic mass is 35.5. The van der Waals surface area contributed by atoms with Gasteiger partial charge in [-0.2, -0.15) is 0 Å². The zero-order valence-corrected chi connectivity index (χ0v) is 16.6. The Labute approximate surface area is 171 Å². The number of nitrogens with two attached hydrogens (primary N) is 1. The molecule has 7 nitrogen and oxygen atoms in total. The van der Waals surface area contributed by atoms with Crippen molar-refractivity contribution in [2.75, 3.05) is 27.3 Å². The number of benzene rings is 2. The predicted molar refractivity (Wildman–Crippen MR) is 111 cm³/mol. The SMILES string of the molecule is COC(=O)CN.COC(=O)CN=Cc1ccccc1.Cl.O=Cc1ccccc1. The van der Waals surface area contributed by atoms with E-state index in [0.29, 0.717) is 0 Å². The van der Waals surface area contributed by atoms with Gasteiger partial charge >= 0.3 is 11.9 Å². The number of hydrogen-bond donors (Lipinski definition) is 1. The molecule has 2 aromatic carbocycles. The number of ether oxygens (including phenoxy) is 2. The summed E-state index contributed by atoms with van der Waals surface area (Å²) >= 11 is 0. The lowest BCUT2D eigenvalue weighted by atomic mass is 10.2. The maximum Gasteiger partial charge on any atom is 0.327 e. The molecule has 0 bridgehead atoms. The number of halogens is 1. The third-order valence-electron chi connectivity index (χ3n) is 2.82. The molecule has 0 aliphatic carbocycles. The first kappa shape index (κ1) is 27.2. The van der Waals surface area contributed by atoms with Crippen LogP contribution in [0.5, 0.6) is 0 Å². The molecule has 28 heavy (non-hydrogen) atoms. The van der Waals surface area contributed by atoms with E-state index >= 15 is 0 Å². The first-order chi connectivity index (χ1) is 13.1. The van der Waals surface area contributed by atoms with Gasteiger partial charge in [-0.15, -0.1) is 12.4 Å². The maximum absolute atomic E-state index is 10.7. The summed E-state index contributed by atoms with van der Waals surface area (Å²) in [7, 11) is 2.65. The lowest BCUT2D eigenvalue weighted by Gasteiger charge is -1.92. The van der Waals surface area contributed by atoms with Gasteiger partial charge in [0.2, 0.25) is 0 Å². The fourth-order valence-electron chi connectivity index (χ4n) is 1.44. The van der Waals surface area contributed by atoms with Crippen LogP contribution in [0.3, 0.4) is 0 Å². The van der Waals surface area contributed by atoms with Gasteiger partial charge in [-0.05, 0) is 5.56 Å². The fraction of sp³-hybridized carbons (Fsp3) is 0.200. The fourth-order valence-corrected chi connectivity index (χ4v) is 1.44. The van der Waals surface area contributed by atoms with Gasteiger partial charge in [0.25, 0.3) is 0 Å². The van der Waals surface area contributed by atoms with Crippen molar-refractivity contribution in [3.8, 4) is 0 Å². The number of esters is 2. The molecule has 0 amide bonds. The third kappa shape index (κ3) is 15.2. The van der Waals surface area contributed by atoms with Crippen molar-refractivity contribution in [3.05, 3.63) is 71.8 Å². The average molecular weight is 409 g/mol. The van der Waals surface area contributed by atoms with E-state index in [9.17, 15) is 14.4 Å². The summed E-state index contributed by atoms with van der Waals surface area (Å²) in [5.41, 5.74) is 6.52. The summed E-state index contributed by atoms with van der Waals surface area (Å²) in [4.78, 5) is 34.4. The summed E-state index contributed by atoms with van der Waals surface area (Å²) in [6.45, 7) is 0.0435. The van der Waals surface area contributed by atoms with Gasteiger partial charge in [-0.3, -0.25) is 19.4 Å². The Balaban J connectivity index is 0. The second-order valence-corrected chi connectivity index (χ2v) is 4.77. The summed E-state index contributed by atoms with van der Waals surface area (Å²) in [6.07, 6.45) is 2.48. The van der Waals surface area contributed by atoms with Crippen LogP contribution in [0, 0.1) is 0 Å². The van der Waals surface area contributed by atoms with E-state index in [1.807, 2.05) is 48.5 Å². The standard InChI is InChI=1S/C10H11NO2.C7H6O.C3H7NO2.ClH/c1-13-10(12)8-11-7-9-5-3-2-4-6-9;8-6-7-4-2-1-3-5-7;1-6-3(5)2-4;/h2-7H,8H2,1H3;1-6H;2,4H2,1H3;1H. The van der Waals surface area contributed by atoms with E-state index < -0.39 is 0 Å². The van der Waals surface area contributed by atoms with Gasteiger partial charge in [0.05, 0.1) is 20.8 Å². The van der Waals surface area contributed by atoms with Crippen molar-refractivity contribution >= 4 is 36.8 Å². The highest BCUT2D eigenvalue weighted by Gasteiger charge is 1.94. The normalized spacial score (nSPS) is 8.82. The number of carbonyl (C=O) groups is 3. The van der Waals surface area contributed by atoms with Gasteiger partial charge in [0.15, 0.2) is 0 Å². The van der Waals surface area contributed by atoms with Gasteiger partial charge in [0.1, 0.15) is 12.8 Å². The van der Waals surface area contributed by atoms with E-state index in [4.69, 9.17) is 5.73 Å². The summed E-state index contributed by atoms with van der Waals surface area (Å²) in [5.74, 6) is -0.706. The lowest BCUT2D eigenvalue weighted by molar-refractivity contribution is -0.139. The minimum Gasteiger partial charge on any atom is -0.468 e. The van der Waals surface area contributed by atoms with Crippen molar-refractivity contribution in [3.63, 3.8) is 0 Å². The van der Waals surface area contributed by atoms with Crippen LogP contribution in [0.2, 0.25) is 0 Å². The van der Waals surface area contributed by atoms with Crippen molar-refractivity contribution in [2.45, 2.75) is 0 Å². The summed E-state index contributed by atoms with van der Waals surface area (Å²) < 4.78 is 8.57. The molecule has 8 heteroatoms. The number of hydrogen-bond acceptors (Lipinski definition) is 7. The quantitative estimate of drug-likeness (QED) is 0.462. The van der Waals surface area contributed by atoms with Crippen LogP contribution in [-0.4, -0.2) is 51.7 Å². The Morgan fingerprint density at radius 1 is 0.893 bits per heavy atom. The smallest absolute Gasteiger partial charge is 0.327 e. The molecule has 0 unspecified atom stereocenters. The van der Waals surface area contributed by atoms with Gasteiger partial charge in [-0.25, -0.2) is 0 Å². The van der Waals surface area contributed by atoms with E-state index in [1.54, 1.807) is 18.3 Å². The van der Waals surface area contributed by atoms with Crippen molar-refractivity contribution in [2.24, 2.45) is 10.7 Å². The number of carbonyl (C=O) groups excluding carboxylic acids is 3. The minimum absolute atomic E-state index is 0. The van der Waals surface area contributed by atoms with Crippen LogP contribution < -0.4 is 5.73 Å². The number of aliphatic imine (C=N–C) groups is 1. The molecular weight excluding hydrogens is 384 g/mol. The second-order valence-electron chi connectivity index (χ2n) is 4.77. The monoisotopic (exact) mass is 408 g/mol. The number of aldehydes is 1. The number of nitrogens with zero attached hydrogens (tertiary/aromatic N) is 1. The van der Waals surface area contributed by atoms with Crippen LogP contribution in [0.15, 0.2) is 65.7 Å². The molecule has 2 rings (SSSR count). The Kier molecular flexibility index (Phi) is 18.2. The van der Waals surface area contributed by atoms with Crippen LogP contribution in [0.4, 0.5) is 0 Å². The van der Waals surface area contributed by atoms with Gasteiger partial charge < -0.3 is 15.2 Å². The highest BCUT2D eigenvalue weighted by molar-refractivity contribution is 5.85.